The van der Waals surface area contributed by atoms with E-state index in [1.807, 2.05) is 25.3 Å². The van der Waals surface area contributed by atoms with Crippen molar-refractivity contribution >= 4 is 44.0 Å². The van der Waals surface area contributed by atoms with E-state index in [9.17, 15) is 13.2 Å². The summed E-state index contributed by atoms with van der Waals surface area (Å²) in [6.07, 6.45) is 7.38. The molecule has 2 aliphatic heterocycles. The second-order valence-corrected chi connectivity index (χ2v) is 12.9. The Morgan fingerprint density at radius 1 is 1.20 bits per heavy atom. The summed E-state index contributed by atoms with van der Waals surface area (Å²) in [7, 11) is -3.18. The molecule has 13 nitrogen and oxygen atoms in total. The van der Waals surface area contributed by atoms with E-state index in [0.29, 0.717) is 55.6 Å². The van der Waals surface area contributed by atoms with Gasteiger partial charge < -0.3 is 21.1 Å². The van der Waals surface area contributed by atoms with Gasteiger partial charge in [0.1, 0.15) is 17.8 Å². The minimum atomic E-state index is -3.18. The third-order valence-corrected chi connectivity index (χ3v) is 9.31. The third kappa shape index (κ3) is 4.62. The molecule has 4 aromatic rings. The molecule has 3 aliphatic rings. The molecule has 7 rings (SSSR count). The van der Waals surface area contributed by atoms with Crippen LogP contribution in [-0.4, -0.2) is 76.1 Å². The Morgan fingerprint density at radius 3 is 2.83 bits per heavy atom. The average molecular weight is 576 g/mol. The quantitative estimate of drug-likeness (QED) is 0.289. The number of hydrogen-bond acceptors (Lipinski definition) is 10. The normalized spacial score (nSPS) is 20.5. The van der Waals surface area contributed by atoms with Crippen LogP contribution in [0.15, 0.2) is 36.8 Å². The van der Waals surface area contributed by atoms with Crippen molar-refractivity contribution in [2.24, 2.45) is 5.92 Å². The maximum absolute atomic E-state index is 13.1. The summed E-state index contributed by atoms with van der Waals surface area (Å²) in [5, 5.41) is 19.9. The Labute approximate surface area is 236 Å². The van der Waals surface area contributed by atoms with Gasteiger partial charge in [0, 0.05) is 48.9 Å². The van der Waals surface area contributed by atoms with Crippen molar-refractivity contribution < 1.29 is 17.9 Å². The zero-order valence-corrected chi connectivity index (χ0v) is 23.4. The molecule has 0 unspecified atom stereocenters. The maximum atomic E-state index is 13.1. The second-order valence-electron chi connectivity index (χ2n) is 10.9. The molecule has 14 heteroatoms. The molecule has 212 valence electrons. The summed E-state index contributed by atoms with van der Waals surface area (Å²) in [4.78, 5) is 17.5. The molecule has 2 atom stereocenters. The number of nitrogens with one attached hydrogen (secondary N) is 2. The lowest BCUT2D eigenvalue weighted by molar-refractivity contribution is -0.117. The number of pyridine rings is 1. The number of fused-ring (bicyclic) bond motifs is 2. The molecule has 0 bridgehead atoms. The van der Waals surface area contributed by atoms with Gasteiger partial charge in [-0.15, -0.1) is 10.2 Å². The molecule has 1 saturated heterocycles. The van der Waals surface area contributed by atoms with Gasteiger partial charge in [0.25, 0.3) is 0 Å². The smallest absolute Gasteiger partial charge is 0.237 e. The molecule has 41 heavy (non-hydrogen) atoms. The van der Waals surface area contributed by atoms with Crippen LogP contribution in [0.3, 0.4) is 0 Å². The van der Waals surface area contributed by atoms with E-state index in [2.05, 4.69) is 30.9 Å². The Kier molecular flexibility index (Phi) is 5.87. The van der Waals surface area contributed by atoms with E-state index < -0.39 is 10.0 Å². The molecule has 1 saturated carbocycles. The molecule has 5 heterocycles. The second kappa shape index (κ2) is 9.38. The van der Waals surface area contributed by atoms with Crippen molar-refractivity contribution in [1.82, 2.24) is 29.3 Å². The van der Waals surface area contributed by atoms with E-state index in [1.54, 1.807) is 23.1 Å². The fourth-order valence-electron chi connectivity index (χ4n) is 5.58. The largest absolute Gasteiger partial charge is 0.474 e. The van der Waals surface area contributed by atoms with Crippen molar-refractivity contribution in [3.05, 3.63) is 47.9 Å². The number of ether oxygens (including phenoxy) is 1. The number of carbonyl (C=O) groups excluding carboxylic acids is 1. The number of hydrogen-bond donors (Lipinski definition) is 3. The highest BCUT2D eigenvalue weighted by Gasteiger charge is 2.45. The SMILES string of the molecule is Cc1c(-c2cc(N)c3nnc(NC(=O)[C@H]4C[C@@H]4c4cnn(C5CN(S(C)(=O)=O)C5)c4)cc3c2)cnc2c1NCCO2. The number of amides is 1. The lowest BCUT2D eigenvalue weighted by atomic mass is 9.99. The van der Waals surface area contributed by atoms with Crippen LogP contribution in [0, 0.1) is 12.8 Å². The first kappa shape index (κ1) is 25.7. The van der Waals surface area contributed by atoms with Crippen molar-refractivity contribution in [2.45, 2.75) is 25.3 Å². The van der Waals surface area contributed by atoms with Gasteiger partial charge in [-0.05, 0) is 54.2 Å². The average Bonchev–Trinajstić information content (AvgIpc) is 3.57. The summed E-state index contributed by atoms with van der Waals surface area (Å²) in [6, 6.07) is 5.62. The van der Waals surface area contributed by atoms with Crippen LogP contribution in [0.5, 0.6) is 5.88 Å². The van der Waals surface area contributed by atoms with Crippen LogP contribution in [0.1, 0.15) is 29.5 Å². The first-order valence-corrected chi connectivity index (χ1v) is 15.2. The minimum absolute atomic E-state index is 0.0140. The zero-order valence-electron chi connectivity index (χ0n) is 22.5. The number of anilines is 3. The molecule has 1 amide bonds. The molecule has 0 spiro atoms. The minimum Gasteiger partial charge on any atom is -0.474 e. The number of sulfonamides is 1. The first-order chi connectivity index (χ1) is 19.7. The standard InChI is InChI=1S/C27H29N9O4S/c1-14-21(10-30-27-24(14)29-3-4-40-27)15-5-16-7-23(33-34-25(16)22(28)6-15)32-26(37)20-8-19(20)17-9-31-36(11-17)18-12-35(13-18)41(2,38)39/h5-7,9-11,18-20,29H,3-4,8,12-13,28H2,1-2H3,(H,32,33,37)/t19-,20+/m1/s1. The van der Waals surface area contributed by atoms with E-state index in [-0.39, 0.29) is 23.8 Å². The molecule has 4 N–H and O–H groups in total. The van der Waals surface area contributed by atoms with E-state index in [4.69, 9.17) is 10.5 Å². The lowest BCUT2D eigenvalue weighted by Crippen LogP contribution is -2.50. The summed E-state index contributed by atoms with van der Waals surface area (Å²) in [5.74, 6) is 0.672. The first-order valence-electron chi connectivity index (χ1n) is 13.4. The Hall–Kier alpha value is -4.30. The topological polar surface area (TPSA) is 170 Å². The summed E-state index contributed by atoms with van der Waals surface area (Å²) in [5.41, 5.74) is 12.0. The fraction of sp³-hybridized carbons (Fsp3) is 0.370. The molecule has 2 fully saturated rings. The molecular formula is C27H29N9O4S. The van der Waals surface area contributed by atoms with E-state index >= 15 is 0 Å². The van der Waals surface area contributed by atoms with E-state index in [0.717, 1.165) is 33.3 Å². The van der Waals surface area contributed by atoms with E-state index in [1.165, 1.54) is 10.6 Å². The Balaban J connectivity index is 1.06. The number of benzene rings is 1. The van der Waals surface area contributed by atoms with Crippen LogP contribution in [0.2, 0.25) is 0 Å². The van der Waals surface area contributed by atoms with Crippen molar-refractivity contribution in [2.75, 3.05) is 48.9 Å². The highest BCUT2D eigenvalue weighted by molar-refractivity contribution is 7.88. The number of nitrogen functional groups attached to an aromatic ring is 1. The van der Waals surface area contributed by atoms with Crippen LogP contribution < -0.4 is 21.1 Å². The van der Waals surface area contributed by atoms with Crippen LogP contribution in [0.25, 0.3) is 22.0 Å². The van der Waals surface area contributed by atoms with Crippen LogP contribution >= 0.6 is 0 Å². The zero-order chi connectivity index (χ0) is 28.5. The molecule has 1 aromatic carbocycles. The summed E-state index contributed by atoms with van der Waals surface area (Å²) < 4.78 is 32.2. The van der Waals surface area contributed by atoms with Gasteiger partial charge in [-0.3, -0.25) is 9.48 Å². The van der Waals surface area contributed by atoms with Crippen LogP contribution in [0.4, 0.5) is 17.2 Å². The highest BCUT2D eigenvalue weighted by atomic mass is 32.2. The Morgan fingerprint density at radius 2 is 2.02 bits per heavy atom. The van der Waals surface area contributed by atoms with Crippen molar-refractivity contribution in [3.8, 4) is 17.0 Å². The third-order valence-electron chi connectivity index (χ3n) is 8.08. The number of rotatable bonds is 6. The predicted octanol–water partition coefficient (Wildman–Crippen LogP) is 2.14. The lowest BCUT2D eigenvalue weighted by Gasteiger charge is -2.37. The molecule has 1 aliphatic carbocycles. The van der Waals surface area contributed by atoms with Gasteiger partial charge in [0.2, 0.25) is 21.8 Å². The number of nitrogens with two attached hydrogens (primary N) is 1. The van der Waals surface area contributed by atoms with Gasteiger partial charge >= 0.3 is 0 Å². The van der Waals surface area contributed by atoms with Gasteiger partial charge in [0.05, 0.1) is 24.2 Å². The van der Waals surface area contributed by atoms with Crippen LogP contribution in [-0.2, 0) is 14.8 Å². The van der Waals surface area contributed by atoms with Gasteiger partial charge in [0.15, 0.2) is 5.82 Å². The molecule has 3 aromatic heterocycles. The molecular weight excluding hydrogens is 546 g/mol. The number of carbonyl (C=O) groups is 1. The van der Waals surface area contributed by atoms with Gasteiger partial charge in [-0.25, -0.2) is 13.4 Å². The predicted molar refractivity (Wildman–Crippen MR) is 153 cm³/mol. The maximum Gasteiger partial charge on any atom is 0.237 e. The Bertz CT molecular complexity index is 1820. The summed E-state index contributed by atoms with van der Waals surface area (Å²) in [6.45, 7) is 4.13. The van der Waals surface area contributed by atoms with Crippen molar-refractivity contribution in [1.29, 1.82) is 0 Å². The number of aromatic nitrogens is 5. The highest BCUT2D eigenvalue weighted by Crippen LogP contribution is 2.48. The molecule has 0 radical (unpaired) electrons. The van der Waals surface area contributed by atoms with Crippen molar-refractivity contribution in [3.63, 3.8) is 0 Å². The van der Waals surface area contributed by atoms with Gasteiger partial charge in [-0.1, -0.05) is 0 Å². The number of nitrogens with zero attached hydrogens (tertiary/aromatic N) is 6. The van der Waals surface area contributed by atoms with Gasteiger partial charge in [-0.2, -0.15) is 9.40 Å². The fourth-order valence-corrected chi connectivity index (χ4v) is 6.47. The monoisotopic (exact) mass is 575 g/mol. The summed E-state index contributed by atoms with van der Waals surface area (Å²) >= 11 is 0.